The van der Waals surface area contributed by atoms with Crippen LogP contribution in [0.15, 0.2) is 30.3 Å². The zero-order chi connectivity index (χ0) is 15.0. The Balaban J connectivity index is 2.51. The fourth-order valence-corrected chi connectivity index (χ4v) is 2.54. The molecule has 0 bridgehead atoms. The maximum atomic E-state index is 6.10. The van der Waals surface area contributed by atoms with Crippen molar-refractivity contribution in [2.45, 2.75) is 45.9 Å². The van der Waals surface area contributed by atoms with Crippen molar-refractivity contribution >= 4 is 0 Å². The van der Waals surface area contributed by atoms with Gasteiger partial charge in [0, 0.05) is 25.2 Å². The topological polar surface area (TPSA) is 24.5 Å². The highest BCUT2D eigenvalue weighted by Crippen LogP contribution is 2.16. The molecule has 1 rings (SSSR count). The van der Waals surface area contributed by atoms with Crippen LogP contribution < -0.4 is 5.32 Å². The van der Waals surface area contributed by atoms with E-state index in [0.717, 1.165) is 19.7 Å². The zero-order valence-electron chi connectivity index (χ0n) is 13.6. The number of nitrogens with zero attached hydrogens (tertiary/aromatic N) is 1. The fourth-order valence-electron chi connectivity index (χ4n) is 2.54. The molecule has 0 saturated carbocycles. The summed E-state index contributed by atoms with van der Waals surface area (Å²) in [5.41, 5.74) is 1.24. The van der Waals surface area contributed by atoms with Gasteiger partial charge in [-0.2, -0.15) is 0 Å². The SMILES string of the molecule is CNCC(OCCN(C(C)C)C(C)C)c1ccccc1. The molecule has 0 saturated heterocycles. The van der Waals surface area contributed by atoms with Crippen LogP contribution in [0.3, 0.4) is 0 Å². The molecular weight excluding hydrogens is 248 g/mol. The maximum absolute atomic E-state index is 6.10. The summed E-state index contributed by atoms with van der Waals surface area (Å²) >= 11 is 0. The van der Waals surface area contributed by atoms with E-state index < -0.39 is 0 Å². The molecule has 114 valence electrons. The average Bonchev–Trinajstić information content (AvgIpc) is 2.42. The number of hydrogen-bond acceptors (Lipinski definition) is 3. The molecule has 0 heterocycles. The first-order chi connectivity index (χ1) is 9.56. The third-order valence-electron chi connectivity index (χ3n) is 3.56. The smallest absolute Gasteiger partial charge is 0.0949 e. The van der Waals surface area contributed by atoms with Crippen LogP contribution in [-0.4, -0.2) is 43.7 Å². The molecule has 3 nitrogen and oxygen atoms in total. The van der Waals surface area contributed by atoms with E-state index in [9.17, 15) is 0 Å². The van der Waals surface area contributed by atoms with Gasteiger partial charge in [0.2, 0.25) is 0 Å². The Hall–Kier alpha value is -0.900. The highest BCUT2D eigenvalue weighted by molar-refractivity contribution is 5.17. The number of likely N-dealkylation sites (N-methyl/N-ethyl adjacent to an activating group) is 1. The Bertz CT molecular complexity index is 343. The summed E-state index contributed by atoms with van der Waals surface area (Å²) < 4.78 is 6.10. The van der Waals surface area contributed by atoms with Gasteiger partial charge in [0.25, 0.3) is 0 Å². The molecule has 1 unspecified atom stereocenters. The van der Waals surface area contributed by atoms with Crippen LogP contribution in [0.1, 0.15) is 39.4 Å². The van der Waals surface area contributed by atoms with Crippen LogP contribution in [0.2, 0.25) is 0 Å². The monoisotopic (exact) mass is 278 g/mol. The predicted molar refractivity (Wildman–Crippen MR) is 86.0 cm³/mol. The summed E-state index contributed by atoms with van der Waals surface area (Å²) in [6, 6.07) is 11.5. The fraction of sp³-hybridized carbons (Fsp3) is 0.647. The van der Waals surface area contributed by atoms with Crippen molar-refractivity contribution in [1.82, 2.24) is 10.2 Å². The third kappa shape index (κ3) is 5.61. The molecule has 1 atom stereocenters. The van der Waals surface area contributed by atoms with E-state index in [4.69, 9.17) is 4.74 Å². The van der Waals surface area contributed by atoms with Gasteiger partial charge in [-0.1, -0.05) is 30.3 Å². The standard InChI is InChI=1S/C17H30N2O/c1-14(2)19(15(3)4)11-12-20-17(13-18-5)16-9-7-6-8-10-16/h6-10,14-15,17-18H,11-13H2,1-5H3. The van der Waals surface area contributed by atoms with Gasteiger partial charge in [0.05, 0.1) is 12.7 Å². The van der Waals surface area contributed by atoms with Gasteiger partial charge >= 0.3 is 0 Å². The van der Waals surface area contributed by atoms with Crippen LogP contribution in [0.25, 0.3) is 0 Å². The number of hydrogen-bond donors (Lipinski definition) is 1. The van der Waals surface area contributed by atoms with E-state index in [2.05, 4.69) is 62.2 Å². The zero-order valence-corrected chi connectivity index (χ0v) is 13.6. The van der Waals surface area contributed by atoms with Gasteiger partial charge in [-0.15, -0.1) is 0 Å². The van der Waals surface area contributed by atoms with Crippen LogP contribution >= 0.6 is 0 Å². The second kappa shape index (κ2) is 9.11. The summed E-state index contributed by atoms with van der Waals surface area (Å²) in [6.07, 6.45) is 0.127. The first-order valence-electron chi connectivity index (χ1n) is 7.63. The maximum Gasteiger partial charge on any atom is 0.0949 e. The van der Waals surface area contributed by atoms with Gasteiger partial charge in [0.15, 0.2) is 0 Å². The van der Waals surface area contributed by atoms with Gasteiger partial charge in [0.1, 0.15) is 0 Å². The molecule has 1 aromatic carbocycles. The Kier molecular flexibility index (Phi) is 7.82. The lowest BCUT2D eigenvalue weighted by molar-refractivity contribution is 0.0256. The molecule has 20 heavy (non-hydrogen) atoms. The Morgan fingerprint density at radius 3 is 2.15 bits per heavy atom. The molecule has 0 aliphatic rings. The number of rotatable bonds is 9. The van der Waals surface area contributed by atoms with E-state index in [1.807, 2.05) is 13.1 Å². The molecule has 0 aliphatic heterocycles. The lowest BCUT2D eigenvalue weighted by Crippen LogP contribution is -2.39. The van der Waals surface area contributed by atoms with Crippen molar-refractivity contribution in [3.63, 3.8) is 0 Å². The molecular formula is C17H30N2O. The summed E-state index contributed by atoms with van der Waals surface area (Å²) in [7, 11) is 1.97. The average molecular weight is 278 g/mol. The van der Waals surface area contributed by atoms with Crippen molar-refractivity contribution in [2.75, 3.05) is 26.7 Å². The van der Waals surface area contributed by atoms with Crippen LogP contribution in [-0.2, 0) is 4.74 Å². The van der Waals surface area contributed by atoms with E-state index >= 15 is 0 Å². The van der Waals surface area contributed by atoms with Gasteiger partial charge < -0.3 is 10.1 Å². The lowest BCUT2D eigenvalue weighted by Gasteiger charge is -2.31. The number of nitrogens with one attached hydrogen (secondary N) is 1. The van der Waals surface area contributed by atoms with Crippen molar-refractivity contribution in [1.29, 1.82) is 0 Å². The number of benzene rings is 1. The summed E-state index contributed by atoms with van der Waals surface area (Å²) in [6.45, 7) is 11.5. The van der Waals surface area contributed by atoms with Crippen molar-refractivity contribution in [3.05, 3.63) is 35.9 Å². The lowest BCUT2D eigenvalue weighted by atomic mass is 10.1. The Morgan fingerprint density at radius 2 is 1.65 bits per heavy atom. The molecule has 0 spiro atoms. The normalized spacial score (nSPS) is 13.4. The molecule has 3 heteroatoms. The van der Waals surface area contributed by atoms with Crippen molar-refractivity contribution in [2.24, 2.45) is 0 Å². The first-order valence-corrected chi connectivity index (χ1v) is 7.63. The summed E-state index contributed by atoms with van der Waals surface area (Å²) in [4.78, 5) is 2.46. The molecule has 0 fully saturated rings. The minimum absolute atomic E-state index is 0.127. The van der Waals surface area contributed by atoms with E-state index in [1.54, 1.807) is 0 Å². The van der Waals surface area contributed by atoms with Crippen molar-refractivity contribution < 1.29 is 4.74 Å². The predicted octanol–water partition coefficient (Wildman–Crippen LogP) is 3.08. The summed E-state index contributed by atoms with van der Waals surface area (Å²) in [5.74, 6) is 0. The Labute approximate surface area is 124 Å². The molecule has 0 aromatic heterocycles. The second-order valence-corrected chi connectivity index (χ2v) is 5.75. The minimum Gasteiger partial charge on any atom is -0.371 e. The second-order valence-electron chi connectivity index (χ2n) is 5.75. The van der Waals surface area contributed by atoms with E-state index in [-0.39, 0.29) is 6.10 Å². The molecule has 0 radical (unpaired) electrons. The first kappa shape index (κ1) is 17.2. The third-order valence-corrected chi connectivity index (χ3v) is 3.56. The van der Waals surface area contributed by atoms with E-state index in [1.165, 1.54) is 5.56 Å². The molecule has 0 amide bonds. The van der Waals surface area contributed by atoms with E-state index in [0.29, 0.717) is 12.1 Å². The van der Waals surface area contributed by atoms with Crippen molar-refractivity contribution in [3.8, 4) is 0 Å². The molecule has 1 aromatic rings. The minimum atomic E-state index is 0.127. The van der Waals surface area contributed by atoms with Crippen LogP contribution in [0.5, 0.6) is 0 Å². The molecule has 0 aliphatic carbocycles. The highest BCUT2D eigenvalue weighted by Gasteiger charge is 2.15. The largest absolute Gasteiger partial charge is 0.371 e. The van der Waals surface area contributed by atoms with Gasteiger partial charge in [-0.3, -0.25) is 4.90 Å². The van der Waals surface area contributed by atoms with Crippen LogP contribution in [0, 0.1) is 0 Å². The highest BCUT2D eigenvalue weighted by atomic mass is 16.5. The summed E-state index contributed by atoms with van der Waals surface area (Å²) in [5, 5.41) is 3.21. The van der Waals surface area contributed by atoms with Crippen LogP contribution in [0.4, 0.5) is 0 Å². The number of ether oxygens (including phenoxy) is 1. The molecule has 1 N–H and O–H groups in total. The Morgan fingerprint density at radius 1 is 1.05 bits per heavy atom. The van der Waals surface area contributed by atoms with Gasteiger partial charge in [-0.25, -0.2) is 0 Å². The van der Waals surface area contributed by atoms with Gasteiger partial charge in [-0.05, 0) is 40.3 Å². The quantitative estimate of drug-likeness (QED) is 0.751.